The quantitative estimate of drug-likeness (QED) is 0.641. The molecular weight excluding hydrogens is 240 g/mol. The average Bonchev–Trinajstić information content (AvgIpc) is 2.38. The molecule has 0 aliphatic rings. The second-order valence-corrected chi connectivity index (χ2v) is 3.66. The third kappa shape index (κ3) is 3.05. The SMILES string of the molecule is NNc1cnc(COc2ccccc2Cl)cn1. The van der Waals surface area contributed by atoms with Crippen LogP contribution in [0.3, 0.4) is 0 Å². The number of aromatic nitrogens is 2. The van der Waals surface area contributed by atoms with E-state index in [0.717, 1.165) is 0 Å². The second kappa shape index (κ2) is 5.47. The van der Waals surface area contributed by atoms with Gasteiger partial charge in [-0.3, -0.25) is 4.98 Å². The van der Waals surface area contributed by atoms with Gasteiger partial charge in [-0.05, 0) is 12.1 Å². The van der Waals surface area contributed by atoms with Crippen molar-refractivity contribution in [2.45, 2.75) is 6.61 Å². The summed E-state index contributed by atoms with van der Waals surface area (Å²) in [6, 6.07) is 7.26. The Hall–Kier alpha value is -1.85. The number of hydrazine groups is 1. The molecule has 88 valence electrons. The predicted molar refractivity (Wildman–Crippen MR) is 65.6 cm³/mol. The molecule has 0 bridgehead atoms. The number of hydrogen-bond donors (Lipinski definition) is 2. The lowest BCUT2D eigenvalue weighted by molar-refractivity contribution is 0.301. The van der Waals surface area contributed by atoms with Gasteiger partial charge in [-0.1, -0.05) is 23.7 Å². The summed E-state index contributed by atoms with van der Waals surface area (Å²) in [5, 5.41) is 0.570. The van der Waals surface area contributed by atoms with Crippen molar-refractivity contribution in [3.8, 4) is 5.75 Å². The lowest BCUT2D eigenvalue weighted by Gasteiger charge is -2.07. The first-order valence-corrected chi connectivity index (χ1v) is 5.32. The number of anilines is 1. The highest BCUT2D eigenvalue weighted by Crippen LogP contribution is 2.23. The maximum atomic E-state index is 5.95. The minimum atomic E-state index is 0.307. The first kappa shape index (κ1) is 11.6. The number of rotatable bonds is 4. The van der Waals surface area contributed by atoms with Gasteiger partial charge in [0.25, 0.3) is 0 Å². The number of hydrogen-bond acceptors (Lipinski definition) is 5. The van der Waals surface area contributed by atoms with Gasteiger partial charge in [0.2, 0.25) is 0 Å². The number of nitrogens with two attached hydrogens (primary N) is 1. The first-order valence-electron chi connectivity index (χ1n) is 4.94. The van der Waals surface area contributed by atoms with Crippen LogP contribution in [0.1, 0.15) is 5.69 Å². The molecule has 1 aromatic heterocycles. The van der Waals surface area contributed by atoms with Gasteiger partial charge in [-0.2, -0.15) is 0 Å². The highest BCUT2D eigenvalue weighted by molar-refractivity contribution is 6.32. The fourth-order valence-electron chi connectivity index (χ4n) is 1.22. The number of nitrogen functional groups attached to an aromatic ring is 1. The van der Waals surface area contributed by atoms with Crippen LogP contribution in [0.15, 0.2) is 36.7 Å². The van der Waals surface area contributed by atoms with Crippen LogP contribution in [-0.4, -0.2) is 9.97 Å². The van der Waals surface area contributed by atoms with E-state index >= 15 is 0 Å². The van der Waals surface area contributed by atoms with Gasteiger partial charge in [0.15, 0.2) is 5.82 Å². The highest BCUT2D eigenvalue weighted by atomic mass is 35.5. The molecular formula is C11H11ClN4O. The molecule has 3 N–H and O–H groups in total. The molecule has 0 amide bonds. The number of nitrogens with zero attached hydrogens (tertiary/aromatic N) is 2. The van der Waals surface area contributed by atoms with E-state index in [2.05, 4.69) is 15.4 Å². The summed E-state index contributed by atoms with van der Waals surface area (Å²) in [7, 11) is 0. The molecule has 0 fully saturated rings. The minimum absolute atomic E-state index is 0.307. The molecule has 6 heteroatoms. The van der Waals surface area contributed by atoms with E-state index in [1.165, 1.54) is 6.20 Å². The lowest BCUT2D eigenvalue weighted by Crippen LogP contribution is -2.09. The van der Waals surface area contributed by atoms with Crippen molar-refractivity contribution < 1.29 is 4.74 Å². The van der Waals surface area contributed by atoms with Crippen molar-refractivity contribution in [3.05, 3.63) is 47.4 Å². The Bertz CT molecular complexity index is 489. The van der Waals surface area contributed by atoms with Crippen LogP contribution in [-0.2, 0) is 6.61 Å². The summed E-state index contributed by atoms with van der Waals surface area (Å²) in [5.41, 5.74) is 3.10. The molecule has 0 unspecified atom stereocenters. The van der Waals surface area contributed by atoms with Crippen molar-refractivity contribution in [2.75, 3.05) is 5.43 Å². The number of para-hydroxylation sites is 1. The first-order chi connectivity index (χ1) is 8.29. The number of nitrogens with one attached hydrogen (secondary N) is 1. The molecule has 0 aliphatic heterocycles. The summed E-state index contributed by atoms with van der Waals surface area (Å²) >= 11 is 5.95. The van der Waals surface area contributed by atoms with E-state index in [9.17, 15) is 0 Å². The largest absolute Gasteiger partial charge is 0.486 e. The molecule has 0 aliphatic carbocycles. The second-order valence-electron chi connectivity index (χ2n) is 3.26. The third-order valence-corrected chi connectivity index (χ3v) is 2.38. The molecule has 0 radical (unpaired) electrons. The van der Waals surface area contributed by atoms with Crippen LogP contribution in [0.5, 0.6) is 5.75 Å². The molecule has 0 spiro atoms. The fraction of sp³-hybridized carbons (Fsp3) is 0.0909. The normalized spacial score (nSPS) is 10.0. The van der Waals surface area contributed by atoms with Gasteiger partial charge >= 0.3 is 0 Å². The van der Waals surface area contributed by atoms with Crippen molar-refractivity contribution in [1.82, 2.24) is 9.97 Å². The van der Waals surface area contributed by atoms with E-state index < -0.39 is 0 Å². The Balaban J connectivity index is 2.00. The zero-order chi connectivity index (χ0) is 12.1. The van der Waals surface area contributed by atoms with E-state index in [1.807, 2.05) is 12.1 Å². The van der Waals surface area contributed by atoms with Gasteiger partial charge in [-0.25, -0.2) is 10.8 Å². The van der Waals surface area contributed by atoms with Crippen molar-refractivity contribution in [3.63, 3.8) is 0 Å². The van der Waals surface area contributed by atoms with Crippen LogP contribution in [0, 0.1) is 0 Å². The molecule has 17 heavy (non-hydrogen) atoms. The molecule has 1 heterocycles. The fourth-order valence-corrected chi connectivity index (χ4v) is 1.41. The summed E-state index contributed by atoms with van der Waals surface area (Å²) in [4.78, 5) is 8.14. The zero-order valence-electron chi connectivity index (χ0n) is 8.93. The van der Waals surface area contributed by atoms with E-state index in [4.69, 9.17) is 22.2 Å². The third-order valence-electron chi connectivity index (χ3n) is 2.07. The Labute approximate surface area is 104 Å². The Morgan fingerprint density at radius 3 is 2.71 bits per heavy atom. The smallest absolute Gasteiger partial charge is 0.158 e. The minimum Gasteiger partial charge on any atom is -0.486 e. The number of ether oxygens (including phenoxy) is 1. The predicted octanol–water partition coefficient (Wildman–Crippen LogP) is 1.99. The van der Waals surface area contributed by atoms with Gasteiger partial charge in [0.05, 0.1) is 23.1 Å². The topological polar surface area (TPSA) is 73.1 Å². The van der Waals surface area contributed by atoms with Crippen molar-refractivity contribution >= 4 is 17.4 Å². The Morgan fingerprint density at radius 1 is 1.24 bits per heavy atom. The van der Waals surface area contributed by atoms with Crippen LogP contribution >= 0.6 is 11.6 Å². The molecule has 0 atom stereocenters. The summed E-state index contributed by atoms with van der Waals surface area (Å²) in [5.74, 6) is 6.31. The highest BCUT2D eigenvalue weighted by Gasteiger charge is 2.01. The van der Waals surface area contributed by atoms with Crippen LogP contribution in [0.4, 0.5) is 5.82 Å². The zero-order valence-corrected chi connectivity index (χ0v) is 9.69. The van der Waals surface area contributed by atoms with Gasteiger partial charge in [-0.15, -0.1) is 0 Å². The molecule has 2 rings (SSSR count). The van der Waals surface area contributed by atoms with Gasteiger partial charge in [0.1, 0.15) is 12.4 Å². The van der Waals surface area contributed by atoms with E-state index in [-0.39, 0.29) is 0 Å². The lowest BCUT2D eigenvalue weighted by atomic mass is 10.3. The van der Waals surface area contributed by atoms with Crippen molar-refractivity contribution in [2.24, 2.45) is 5.84 Å². The van der Waals surface area contributed by atoms with E-state index in [0.29, 0.717) is 28.9 Å². The molecule has 2 aromatic rings. The van der Waals surface area contributed by atoms with Crippen LogP contribution in [0.25, 0.3) is 0 Å². The maximum absolute atomic E-state index is 5.95. The van der Waals surface area contributed by atoms with Gasteiger partial charge in [0, 0.05) is 0 Å². The summed E-state index contributed by atoms with van der Waals surface area (Å²) in [6.07, 6.45) is 3.12. The van der Waals surface area contributed by atoms with Crippen molar-refractivity contribution in [1.29, 1.82) is 0 Å². The molecule has 5 nitrogen and oxygen atoms in total. The standard InChI is InChI=1S/C11H11ClN4O/c12-9-3-1-2-4-10(9)17-7-8-5-15-11(16-13)6-14-8/h1-6H,7,13H2,(H,15,16). The average molecular weight is 251 g/mol. The number of benzene rings is 1. The molecule has 0 saturated carbocycles. The molecule has 1 aromatic carbocycles. The molecule has 0 saturated heterocycles. The Morgan fingerprint density at radius 2 is 2.06 bits per heavy atom. The Kier molecular flexibility index (Phi) is 3.74. The summed E-state index contributed by atoms with van der Waals surface area (Å²) < 4.78 is 5.51. The monoisotopic (exact) mass is 250 g/mol. The van der Waals surface area contributed by atoms with Crippen LogP contribution < -0.4 is 16.0 Å². The summed E-state index contributed by atoms with van der Waals surface area (Å²) in [6.45, 7) is 0.307. The van der Waals surface area contributed by atoms with Gasteiger partial charge < -0.3 is 10.2 Å². The van der Waals surface area contributed by atoms with E-state index in [1.54, 1.807) is 18.3 Å². The number of halogens is 1. The van der Waals surface area contributed by atoms with Crippen LogP contribution in [0.2, 0.25) is 5.02 Å². The maximum Gasteiger partial charge on any atom is 0.158 e.